The molecule has 0 aliphatic rings. The number of halogens is 2. The molecule has 0 aliphatic carbocycles. The van der Waals surface area contributed by atoms with Crippen LogP contribution in [0.25, 0.3) is 22.2 Å². The highest BCUT2D eigenvalue weighted by Crippen LogP contribution is 2.32. The molecular weight excluding hydrogens is 269 g/mol. The Labute approximate surface area is 112 Å². The largest absolute Gasteiger partial charge is 0.404 e. The van der Waals surface area contributed by atoms with Crippen molar-refractivity contribution in [2.45, 2.75) is 0 Å². The Bertz CT molecular complexity index is 829. The monoisotopic (exact) mass is 275 g/mol. The summed E-state index contributed by atoms with van der Waals surface area (Å²) in [7, 11) is 0. The number of aromatic nitrogens is 1. The number of pyridine rings is 1. The van der Waals surface area contributed by atoms with Crippen molar-refractivity contribution in [3.05, 3.63) is 63.9 Å². The predicted octanol–water partition coefficient (Wildman–Crippen LogP) is 3.65. The summed E-state index contributed by atoms with van der Waals surface area (Å²) < 4.78 is 18.1. The van der Waals surface area contributed by atoms with E-state index in [0.717, 1.165) is 0 Å². The molecule has 0 N–H and O–H groups in total. The molecule has 3 nitrogen and oxygen atoms in total. The van der Waals surface area contributed by atoms with Crippen LogP contribution in [0.3, 0.4) is 0 Å². The van der Waals surface area contributed by atoms with Gasteiger partial charge in [0.05, 0.1) is 5.02 Å². The van der Waals surface area contributed by atoms with Gasteiger partial charge in [0.2, 0.25) is 5.71 Å². The Morgan fingerprint density at radius 2 is 2.00 bits per heavy atom. The number of fused-ring (bicyclic) bond motifs is 1. The van der Waals surface area contributed by atoms with Crippen molar-refractivity contribution in [2.24, 2.45) is 0 Å². The van der Waals surface area contributed by atoms with Crippen molar-refractivity contribution >= 4 is 22.7 Å². The summed E-state index contributed by atoms with van der Waals surface area (Å²) in [6.45, 7) is 0. The number of hydrogen-bond acceptors (Lipinski definition) is 3. The lowest BCUT2D eigenvalue weighted by molar-refractivity contribution is 0.550. The summed E-state index contributed by atoms with van der Waals surface area (Å²) in [4.78, 5) is 15.5. The minimum atomic E-state index is -0.526. The van der Waals surface area contributed by atoms with E-state index in [-0.39, 0.29) is 10.7 Å². The van der Waals surface area contributed by atoms with Crippen LogP contribution in [0, 0.1) is 5.82 Å². The van der Waals surface area contributed by atoms with Crippen LogP contribution >= 0.6 is 11.6 Å². The first-order valence-corrected chi connectivity index (χ1v) is 5.87. The normalized spacial score (nSPS) is 10.8. The minimum absolute atomic E-state index is 0.227. The van der Waals surface area contributed by atoms with Crippen molar-refractivity contribution in [1.29, 1.82) is 0 Å². The van der Waals surface area contributed by atoms with Crippen molar-refractivity contribution in [3.63, 3.8) is 0 Å². The Hall–Kier alpha value is -2.20. The molecule has 0 saturated heterocycles. The first-order chi connectivity index (χ1) is 9.15. The summed E-state index contributed by atoms with van der Waals surface area (Å²) in [5.41, 5.74) is 0.838. The molecule has 0 bridgehead atoms. The third-order valence-corrected chi connectivity index (χ3v) is 3.05. The van der Waals surface area contributed by atoms with Gasteiger partial charge in [-0.25, -0.2) is 14.2 Å². The maximum absolute atomic E-state index is 13.1. The van der Waals surface area contributed by atoms with Gasteiger partial charge in [-0.3, -0.25) is 0 Å². The van der Waals surface area contributed by atoms with Gasteiger partial charge in [0, 0.05) is 28.8 Å². The number of nitrogens with zero attached hydrogens (tertiary/aromatic N) is 1. The molecule has 1 aromatic carbocycles. The lowest BCUT2D eigenvalue weighted by atomic mass is 10.0. The van der Waals surface area contributed by atoms with E-state index in [1.807, 2.05) is 0 Å². The second kappa shape index (κ2) is 4.48. The van der Waals surface area contributed by atoms with Gasteiger partial charge in [0.25, 0.3) is 0 Å². The fraction of sp³-hybridized carbons (Fsp3) is 0. The van der Waals surface area contributed by atoms with Crippen LogP contribution in [0.4, 0.5) is 4.39 Å². The fourth-order valence-electron chi connectivity index (χ4n) is 1.93. The smallest absolute Gasteiger partial charge is 0.338 e. The van der Waals surface area contributed by atoms with Crippen LogP contribution < -0.4 is 5.63 Å². The quantitative estimate of drug-likeness (QED) is 0.681. The molecule has 0 amide bonds. The van der Waals surface area contributed by atoms with Gasteiger partial charge in [0.1, 0.15) is 5.82 Å². The van der Waals surface area contributed by atoms with E-state index < -0.39 is 11.4 Å². The maximum atomic E-state index is 13.1. The van der Waals surface area contributed by atoms with Gasteiger partial charge < -0.3 is 4.42 Å². The average molecular weight is 276 g/mol. The topological polar surface area (TPSA) is 43.1 Å². The van der Waals surface area contributed by atoms with Gasteiger partial charge in [-0.1, -0.05) is 11.6 Å². The molecule has 3 aromatic rings. The molecule has 94 valence electrons. The standard InChI is InChI=1S/C14H7ClFNO2/c15-12-6-8(16)3-4-9(12)11-7-13(18)19-14-10(11)2-1-5-17-14/h1-7H. The molecule has 0 radical (unpaired) electrons. The lowest BCUT2D eigenvalue weighted by Crippen LogP contribution is -1.99. The highest BCUT2D eigenvalue weighted by molar-refractivity contribution is 6.33. The molecule has 2 heterocycles. The van der Waals surface area contributed by atoms with Gasteiger partial charge in [0.15, 0.2) is 0 Å². The van der Waals surface area contributed by atoms with Gasteiger partial charge >= 0.3 is 5.63 Å². The molecule has 5 heteroatoms. The van der Waals surface area contributed by atoms with E-state index >= 15 is 0 Å². The van der Waals surface area contributed by atoms with E-state index in [2.05, 4.69) is 4.98 Å². The second-order valence-corrected chi connectivity index (χ2v) is 4.37. The number of benzene rings is 1. The highest BCUT2D eigenvalue weighted by Gasteiger charge is 2.11. The Balaban J connectivity index is 2.39. The van der Waals surface area contributed by atoms with Crippen LogP contribution in [0.15, 0.2) is 51.8 Å². The van der Waals surface area contributed by atoms with E-state index in [4.69, 9.17) is 16.0 Å². The minimum Gasteiger partial charge on any atom is -0.404 e. The van der Waals surface area contributed by atoms with E-state index in [1.54, 1.807) is 12.1 Å². The summed E-state index contributed by atoms with van der Waals surface area (Å²) >= 11 is 6.02. The molecule has 0 aliphatic heterocycles. The molecule has 0 saturated carbocycles. The molecular formula is C14H7ClFNO2. The van der Waals surface area contributed by atoms with Crippen molar-refractivity contribution in [3.8, 4) is 11.1 Å². The number of rotatable bonds is 1. The second-order valence-electron chi connectivity index (χ2n) is 3.96. The molecule has 0 spiro atoms. The Morgan fingerprint density at radius 3 is 2.79 bits per heavy atom. The molecule has 0 atom stereocenters. The third kappa shape index (κ3) is 2.11. The van der Waals surface area contributed by atoms with Gasteiger partial charge in [-0.2, -0.15) is 0 Å². The van der Waals surface area contributed by atoms with E-state index in [1.165, 1.54) is 30.5 Å². The van der Waals surface area contributed by atoms with Crippen LogP contribution in [0.2, 0.25) is 5.02 Å². The highest BCUT2D eigenvalue weighted by atomic mass is 35.5. The zero-order valence-electron chi connectivity index (χ0n) is 9.56. The molecule has 0 fully saturated rings. The Kier molecular flexibility index (Phi) is 2.80. The third-order valence-electron chi connectivity index (χ3n) is 2.74. The molecule has 3 rings (SSSR count). The zero-order chi connectivity index (χ0) is 13.4. The number of hydrogen-bond donors (Lipinski definition) is 0. The summed E-state index contributed by atoms with van der Waals surface area (Å²) in [5.74, 6) is -0.431. The van der Waals surface area contributed by atoms with Crippen molar-refractivity contribution in [2.75, 3.05) is 0 Å². The lowest BCUT2D eigenvalue weighted by Gasteiger charge is -2.06. The maximum Gasteiger partial charge on any atom is 0.338 e. The molecule has 19 heavy (non-hydrogen) atoms. The zero-order valence-corrected chi connectivity index (χ0v) is 10.3. The first-order valence-electron chi connectivity index (χ1n) is 5.49. The average Bonchev–Trinajstić information content (AvgIpc) is 2.38. The summed E-state index contributed by atoms with van der Waals surface area (Å²) in [6, 6.07) is 8.83. The summed E-state index contributed by atoms with van der Waals surface area (Å²) in [6.07, 6.45) is 1.53. The van der Waals surface area contributed by atoms with Crippen molar-refractivity contribution < 1.29 is 8.81 Å². The Morgan fingerprint density at radius 1 is 1.16 bits per heavy atom. The first kappa shape index (κ1) is 11.9. The van der Waals surface area contributed by atoms with Crippen LogP contribution in [0.1, 0.15) is 0 Å². The predicted molar refractivity (Wildman–Crippen MR) is 70.7 cm³/mol. The SMILES string of the molecule is O=c1cc(-c2ccc(F)cc2Cl)c2cccnc2o1. The van der Waals surface area contributed by atoms with Gasteiger partial charge in [-0.05, 0) is 30.3 Å². The molecule has 2 aromatic heterocycles. The fourth-order valence-corrected chi connectivity index (χ4v) is 2.20. The van der Waals surface area contributed by atoms with Crippen LogP contribution in [0.5, 0.6) is 0 Å². The molecule has 0 unspecified atom stereocenters. The van der Waals surface area contributed by atoms with Crippen LogP contribution in [-0.2, 0) is 0 Å². The van der Waals surface area contributed by atoms with Crippen molar-refractivity contribution in [1.82, 2.24) is 4.98 Å². The van der Waals surface area contributed by atoms with Gasteiger partial charge in [-0.15, -0.1) is 0 Å². The van der Waals surface area contributed by atoms with Crippen LogP contribution in [-0.4, -0.2) is 4.98 Å². The van der Waals surface area contributed by atoms with E-state index in [9.17, 15) is 9.18 Å². The summed E-state index contributed by atoms with van der Waals surface area (Å²) in [5, 5.41) is 0.881. The van der Waals surface area contributed by atoms with E-state index in [0.29, 0.717) is 16.5 Å².